The molecule has 0 radical (unpaired) electrons. The molecule has 1 rings (SSSR count). The van der Waals surface area contributed by atoms with Crippen molar-refractivity contribution in [3.63, 3.8) is 0 Å². The van der Waals surface area contributed by atoms with Gasteiger partial charge in [-0.2, -0.15) is 0 Å². The van der Waals surface area contributed by atoms with E-state index in [9.17, 15) is 14.4 Å². The fraction of sp³-hybridized carbons (Fsp3) is 0.727. The first-order valence-corrected chi connectivity index (χ1v) is 6.02. The van der Waals surface area contributed by atoms with Crippen LogP contribution in [0.1, 0.15) is 25.7 Å². The highest BCUT2D eigenvalue weighted by Crippen LogP contribution is 2.10. The molecule has 7 nitrogen and oxygen atoms in total. The number of nitrogens with zero attached hydrogens (tertiary/aromatic N) is 1. The van der Waals surface area contributed by atoms with Crippen LogP contribution in [0.5, 0.6) is 0 Å². The maximum absolute atomic E-state index is 11.6. The summed E-state index contributed by atoms with van der Waals surface area (Å²) in [5.74, 6) is -1.32. The molecule has 0 bridgehead atoms. The molecule has 0 aromatic carbocycles. The Balaban J connectivity index is 2.34. The summed E-state index contributed by atoms with van der Waals surface area (Å²) < 4.78 is 0. The van der Waals surface area contributed by atoms with E-state index in [0.717, 1.165) is 19.3 Å². The lowest BCUT2D eigenvalue weighted by atomic mass is 10.2. The maximum atomic E-state index is 11.6. The van der Waals surface area contributed by atoms with Gasteiger partial charge >= 0.3 is 0 Å². The molecule has 0 aliphatic carbocycles. The zero-order valence-corrected chi connectivity index (χ0v) is 10.2. The summed E-state index contributed by atoms with van der Waals surface area (Å²) in [5, 5.41) is 11.5. The van der Waals surface area contributed by atoms with E-state index >= 15 is 0 Å². The van der Waals surface area contributed by atoms with Crippen LogP contribution in [0, 0.1) is 0 Å². The van der Waals surface area contributed by atoms with Crippen molar-refractivity contribution in [2.45, 2.75) is 31.8 Å². The normalized spacial score (nSPS) is 18.1. The Bertz CT molecular complexity index is 332. The summed E-state index contributed by atoms with van der Waals surface area (Å²) in [6, 6.07) is 0. The molecule has 7 heteroatoms. The summed E-state index contributed by atoms with van der Waals surface area (Å²) in [5.41, 5.74) is 4.84. The van der Waals surface area contributed by atoms with Crippen LogP contribution in [0.25, 0.3) is 0 Å². The third-order valence-corrected chi connectivity index (χ3v) is 2.83. The van der Waals surface area contributed by atoms with Crippen LogP contribution in [-0.2, 0) is 14.4 Å². The molecule has 0 spiro atoms. The minimum absolute atomic E-state index is 0.0295. The van der Waals surface area contributed by atoms with Crippen molar-refractivity contribution in [3.05, 3.63) is 0 Å². The topological polar surface area (TPSA) is 113 Å². The van der Waals surface area contributed by atoms with Crippen molar-refractivity contribution in [1.29, 1.82) is 0 Å². The quantitative estimate of drug-likeness (QED) is 0.547. The van der Waals surface area contributed by atoms with Crippen LogP contribution in [0.15, 0.2) is 0 Å². The van der Waals surface area contributed by atoms with Crippen LogP contribution in [-0.4, -0.2) is 53.5 Å². The van der Waals surface area contributed by atoms with E-state index in [1.54, 1.807) is 0 Å². The molecule has 4 N–H and O–H groups in total. The molecule has 1 saturated heterocycles. The second-order valence-corrected chi connectivity index (χ2v) is 4.35. The number of carbonyl (C=O) groups is 3. The molecule has 0 aromatic heterocycles. The molecule has 1 heterocycles. The third kappa shape index (κ3) is 4.70. The molecule has 0 aromatic rings. The molecule has 1 fully saturated rings. The predicted octanol–water partition coefficient (Wildman–Crippen LogP) is -1.65. The average molecular weight is 257 g/mol. The highest BCUT2D eigenvalue weighted by molar-refractivity contribution is 5.85. The second kappa shape index (κ2) is 6.95. The number of primary amides is 1. The fourth-order valence-electron chi connectivity index (χ4n) is 1.75. The third-order valence-electron chi connectivity index (χ3n) is 2.83. The highest BCUT2D eigenvalue weighted by atomic mass is 16.3. The van der Waals surface area contributed by atoms with Gasteiger partial charge in [-0.15, -0.1) is 0 Å². The van der Waals surface area contributed by atoms with Gasteiger partial charge in [0, 0.05) is 13.0 Å². The van der Waals surface area contributed by atoms with E-state index in [1.165, 1.54) is 4.90 Å². The number of hydrogen-bond acceptors (Lipinski definition) is 4. The van der Waals surface area contributed by atoms with Gasteiger partial charge in [-0.25, -0.2) is 0 Å². The molecule has 102 valence electrons. The fourth-order valence-corrected chi connectivity index (χ4v) is 1.75. The number of likely N-dealkylation sites (tertiary alicyclic amines) is 1. The van der Waals surface area contributed by atoms with Gasteiger partial charge in [0.2, 0.25) is 17.7 Å². The van der Waals surface area contributed by atoms with Crippen molar-refractivity contribution < 1.29 is 19.5 Å². The van der Waals surface area contributed by atoms with Gasteiger partial charge in [0.1, 0.15) is 6.10 Å². The van der Waals surface area contributed by atoms with Gasteiger partial charge < -0.3 is 21.1 Å². The van der Waals surface area contributed by atoms with Crippen molar-refractivity contribution in [1.82, 2.24) is 10.2 Å². The number of carbonyl (C=O) groups excluding carboxylic acids is 3. The number of amides is 3. The van der Waals surface area contributed by atoms with E-state index in [2.05, 4.69) is 5.32 Å². The van der Waals surface area contributed by atoms with E-state index in [4.69, 9.17) is 10.8 Å². The van der Waals surface area contributed by atoms with Gasteiger partial charge in [0.25, 0.3) is 0 Å². The van der Waals surface area contributed by atoms with Gasteiger partial charge in [-0.05, 0) is 12.8 Å². The zero-order chi connectivity index (χ0) is 13.5. The standard InChI is InChI=1S/C11H19N3O4/c12-11(18)8(15)6-13-9(16)7-14-5-3-1-2-4-10(14)17/h8,15H,1-7H2,(H2,12,18)(H,13,16). The van der Waals surface area contributed by atoms with Crippen LogP contribution in [0.3, 0.4) is 0 Å². The second-order valence-electron chi connectivity index (χ2n) is 4.35. The first-order chi connectivity index (χ1) is 8.50. The number of aliphatic hydroxyl groups excluding tert-OH is 1. The van der Waals surface area contributed by atoms with Gasteiger partial charge in [0.05, 0.1) is 13.1 Å². The van der Waals surface area contributed by atoms with Gasteiger partial charge in [-0.3, -0.25) is 14.4 Å². The molecule has 1 aliphatic rings. The highest BCUT2D eigenvalue weighted by Gasteiger charge is 2.20. The van der Waals surface area contributed by atoms with Gasteiger partial charge in [0.15, 0.2) is 0 Å². The monoisotopic (exact) mass is 257 g/mol. The molecular formula is C11H19N3O4. The van der Waals surface area contributed by atoms with Gasteiger partial charge in [-0.1, -0.05) is 6.42 Å². The van der Waals surface area contributed by atoms with E-state index in [-0.39, 0.29) is 19.0 Å². The molecule has 18 heavy (non-hydrogen) atoms. The first-order valence-electron chi connectivity index (χ1n) is 6.02. The minimum atomic E-state index is -1.39. The number of rotatable bonds is 5. The number of hydrogen-bond donors (Lipinski definition) is 3. The summed E-state index contributed by atoms with van der Waals surface area (Å²) in [6.45, 7) is 0.311. The van der Waals surface area contributed by atoms with Crippen molar-refractivity contribution in [3.8, 4) is 0 Å². The lowest BCUT2D eigenvalue weighted by Crippen LogP contribution is -2.45. The SMILES string of the molecule is NC(=O)C(O)CNC(=O)CN1CCCCCC1=O. The maximum Gasteiger partial charge on any atom is 0.248 e. The lowest BCUT2D eigenvalue weighted by Gasteiger charge is -2.20. The largest absolute Gasteiger partial charge is 0.381 e. The Labute approximate surface area is 105 Å². The molecule has 1 atom stereocenters. The van der Waals surface area contributed by atoms with Crippen molar-refractivity contribution in [2.75, 3.05) is 19.6 Å². The van der Waals surface area contributed by atoms with E-state index in [1.807, 2.05) is 0 Å². The van der Waals surface area contributed by atoms with Crippen LogP contribution < -0.4 is 11.1 Å². The Kier molecular flexibility index (Phi) is 5.57. The van der Waals surface area contributed by atoms with E-state index in [0.29, 0.717) is 13.0 Å². The number of nitrogens with two attached hydrogens (primary N) is 1. The Hall–Kier alpha value is -1.63. The Morgan fingerprint density at radius 2 is 2.11 bits per heavy atom. The predicted molar refractivity (Wildman–Crippen MR) is 63.3 cm³/mol. The molecule has 1 unspecified atom stereocenters. The Morgan fingerprint density at radius 1 is 1.39 bits per heavy atom. The Morgan fingerprint density at radius 3 is 2.78 bits per heavy atom. The number of nitrogens with one attached hydrogen (secondary N) is 1. The van der Waals surface area contributed by atoms with Crippen molar-refractivity contribution >= 4 is 17.7 Å². The molecule has 0 saturated carbocycles. The number of aliphatic hydroxyl groups is 1. The van der Waals surface area contributed by atoms with Crippen molar-refractivity contribution in [2.24, 2.45) is 5.73 Å². The molecule has 3 amide bonds. The molecule has 1 aliphatic heterocycles. The summed E-state index contributed by atoms with van der Waals surface area (Å²) in [4.78, 5) is 35.2. The summed E-state index contributed by atoms with van der Waals surface area (Å²) in [7, 11) is 0. The summed E-state index contributed by atoms with van der Waals surface area (Å²) in [6.07, 6.45) is 1.82. The minimum Gasteiger partial charge on any atom is -0.381 e. The summed E-state index contributed by atoms with van der Waals surface area (Å²) >= 11 is 0. The van der Waals surface area contributed by atoms with Crippen LogP contribution in [0.4, 0.5) is 0 Å². The first kappa shape index (κ1) is 14.4. The molecular weight excluding hydrogens is 238 g/mol. The van der Waals surface area contributed by atoms with Crippen LogP contribution in [0.2, 0.25) is 0 Å². The smallest absolute Gasteiger partial charge is 0.248 e. The lowest BCUT2D eigenvalue weighted by molar-refractivity contribution is -0.136. The average Bonchev–Trinajstić information content (AvgIpc) is 2.52. The van der Waals surface area contributed by atoms with Crippen LogP contribution >= 0.6 is 0 Å². The van der Waals surface area contributed by atoms with E-state index < -0.39 is 17.9 Å². The zero-order valence-electron chi connectivity index (χ0n) is 10.2.